The fourth-order valence-electron chi connectivity index (χ4n) is 2.34. The number of hydrogen-bond acceptors (Lipinski definition) is 3. The lowest BCUT2D eigenvalue weighted by molar-refractivity contribution is 0.0133. The number of rotatable bonds is 2. The van der Waals surface area contributed by atoms with E-state index in [1.54, 1.807) is 4.90 Å². The van der Waals surface area contributed by atoms with Crippen LogP contribution < -0.4 is 5.73 Å². The molecule has 0 aromatic heterocycles. The predicted octanol–water partition coefficient (Wildman–Crippen LogP) is 2.51. The minimum Gasteiger partial charge on any atom is -0.444 e. The van der Waals surface area contributed by atoms with Crippen LogP contribution in [0.2, 0.25) is 0 Å². The molecular weight excluding hydrogens is 216 g/mol. The highest BCUT2D eigenvalue weighted by molar-refractivity contribution is 5.68. The molecule has 1 atom stereocenters. The second-order valence-electron chi connectivity index (χ2n) is 6.12. The van der Waals surface area contributed by atoms with Crippen molar-refractivity contribution in [1.29, 1.82) is 0 Å². The molecule has 1 aliphatic rings. The summed E-state index contributed by atoms with van der Waals surface area (Å²) in [5.41, 5.74) is 5.66. The number of carbonyl (C=O) groups excluding carboxylic acids is 1. The third-order valence-corrected chi connectivity index (χ3v) is 3.01. The van der Waals surface area contributed by atoms with Crippen LogP contribution in [-0.4, -0.2) is 35.2 Å². The molecule has 4 nitrogen and oxygen atoms in total. The Balaban J connectivity index is 2.57. The molecule has 0 aromatic rings. The Morgan fingerprint density at radius 1 is 1.47 bits per heavy atom. The first kappa shape index (κ1) is 14.3. The molecule has 0 unspecified atom stereocenters. The summed E-state index contributed by atoms with van der Waals surface area (Å²) in [6.45, 7) is 9.16. The maximum atomic E-state index is 12.0. The van der Waals surface area contributed by atoms with E-state index >= 15 is 0 Å². The highest BCUT2D eigenvalue weighted by Crippen LogP contribution is 2.24. The molecule has 0 radical (unpaired) electrons. The summed E-state index contributed by atoms with van der Waals surface area (Å²) in [6, 6.07) is 0. The molecule has 0 aliphatic carbocycles. The number of carbonyl (C=O) groups is 1. The lowest BCUT2D eigenvalue weighted by atomic mass is 9.86. The van der Waals surface area contributed by atoms with E-state index in [0.717, 1.165) is 32.2 Å². The van der Waals surface area contributed by atoms with Crippen LogP contribution >= 0.6 is 0 Å². The third-order valence-electron chi connectivity index (χ3n) is 3.01. The molecule has 17 heavy (non-hydrogen) atoms. The molecule has 0 saturated carbocycles. The molecule has 100 valence electrons. The maximum absolute atomic E-state index is 12.0. The van der Waals surface area contributed by atoms with Gasteiger partial charge < -0.3 is 15.4 Å². The minimum atomic E-state index is -0.434. The highest BCUT2D eigenvalue weighted by atomic mass is 16.6. The molecule has 1 fully saturated rings. The summed E-state index contributed by atoms with van der Waals surface area (Å²) < 4.78 is 5.38. The molecule has 1 saturated heterocycles. The molecule has 1 rings (SSSR count). The van der Waals surface area contributed by atoms with Gasteiger partial charge in [0.25, 0.3) is 0 Å². The van der Waals surface area contributed by atoms with Crippen molar-refractivity contribution in [2.75, 3.05) is 13.1 Å². The van der Waals surface area contributed by atoms with Crippen molar-refractivity contribution in [1.82, 2.24) is 4.90 Å². The molecule has 1 amide bonds. The third kappa shape index (κ3) is 4.54. The summed E-state index contributed by atoms with van der Waals surface area (Å²) in [5, 5.41) is 0. The van der Waals surface area contributed by atoms with Gasteiger partial charge in [-0.2, -0.15) is 0 Å². The average Bonchev–Trinajstić information content (AvgIpc) is 2.14. The van der Waals surface area contributed by atoms with Gasteiger partial charge in [-0.3, -0.25) is 0 Å². The first-order chi connectivity index (χ1) is 7.76. The fraction of sp³-hybridized carbons (Fsp3) is 0.923. The van der Waals surface area contributed by atoms with Gasteiger partial charge in [-0.15, -0.1) is 0 Å². The Bertz CT molecular complexity index is 269. The summed E-state index contributed by atoms with van der Waals surface area (Å²) in [6.07, 6.45) is 3.75. The zero-order valence-electron chi connectivity index (χ0n) is 11.6. The lowest BCUT2D eigenvalue weighted by Gasteiger charge is -2.40. The van der Waals surface area contributed by atoms with Gasteiger partial charge in [-0.1, -0.05) is 13.3 Å². The van der Waals surface area contributed by atoms with Gasteiger partial charge in [0.15, 0.2) is 0 Å². The summed E-state index contributed by atoms with van der Waals surface area (Å²) in [5.74, 6) is 0. The van der Waals surface area contributed by atoms with Crippen LogP contribution in [0.3, 0.4) is 0 Å². The van der Waals surface area contributed by atoms with Gasteiger partial charge in [0.1, 0.15) is 5.60 Å². The van der Waals surface area contributed by atoms with Gasteiger partial charge in [0, 0.05) is 18.6 Å². The number of nitrogens with zero attached hydrogens (tertiary/aromatic N) is 1. The largest absolute Gasteiger partial charge is 0.444 e. The van der Waals surface area contributed by atoms with E-state index in [1.807, 2.05) is 20.8 Å². The van der Waals surface area contributed by atoms with E-state index in [-0.39, 0.29) is 11.6 Å². The van der Waals surface area contributed by atoms with E-state index in [0.29, 0.717) is 6.54 Å². The normalized spacial score (nSPS) is 25.8. The SMILES string of the molecule is CCC[C@]1(N)CCCN(C(=O)OC(C)(C)C)C1. The monoisotopic (exact) mass is 242 g/mol. The van der Waals surface area contributed by atoms with Crippen molar-refractivity contribution in [2.45, 2.75) is 64.5 Å². The van der Waals surface area contributed by atoms with Crippen LogP contribution in [0.1, 0.15) is 53.4 Å². The molecule has 0 spiro atoms. The van der Waals surface area contributed by atoms with Crippen molar-refractivity contribution < 1.29 is 9.53 Å². The summed E-state index contributed by atoms with van der Waals surface area (Å²) >= 11 is 0. The van der Waals surface area contributed by atoms with Gasteiger partial charge in [-0.25, -0.2) is 4.79 Å². The van der Waals surface area contributed by atoms with E-state index in [1.165, 1.54) is 0 Å². The fourth-order valence-corrected chi connectivity index (χ4v) is 2.34. The summed E-state index contributed by atoms with van der Waals surface area (Å²) in [4.78, 5) is 13.7. The highest BCUT2D eigenvalue weighted by Gasteiger charge is 2.34. The predicted molar refractivity (Wildman–Crippen MR) is 68.9 cm³/mol. The number of nitrogens with two attached hydrogens (primary N) is 1. The van der Waals surface area contributed by atoms with E-state index in [9.17, 15) is 4.79 Å². The number of ether oxygens (including phenoxy) is 1. The van der Waals surface area contributed by atoms with Crippen molar-refractivity contribution in [3.63, 3.8) is 0 Å². The van der Waals surface area contributed by atoms with Crippen molar-refractivity contribution in [3.05, 3.63) is 0 Å². The molecule has 1 heterocycles. The van der Waals surface area contributed by atoms with Gasteiger partial charge >= 0.3 is 6.09 Å². The molecule has 0 bridgehead atoms. The Morgan fingerprint density at radius 2 is 2.12 bits per heavy atom. The van der Waals surface area contributed by atoms with E-state index < -0.39 is 5.60 Å². The zero-order valence-corrected chi connectivity index (χ0v) is 11.6. The van der Waals surface area contributed by atoms with E-state index in [2.05, 4.69) is 6.92 Å². The number of piperidine rings is 1. The number of likely N-dealkylation sites (tertiary alicyclic amines) is 1. The first-order valence-corrected chi connectivity index (χ1v) is 6.52. The van der Waals surface area contributed by atoms with Crippen molar-refractivity contribution in [3.8, 4) is 0 Å². The second-order valence-corrected chi connectivity index (χ2v) is 6.12. The zero-order chi connectivity index (χ0) is 13.1. The molecule has 4 heteroatoms. The quantitative estimate of drug-likeness (QED) is 0.809. The van der Waals surface area contributed by atoms with Gasteiger partial charge in [-0.05, 0) is 40.0 Å². The topological polar surface area (TPSA) is 55.6 Å². The van der Waals surface area contributed by atoms with Crippen LogP contribution in [0.15, 0.2) is 0 Å². The standard InChI is InChI=1S/C13H26N2O2/c1-5-7-13(14)8-6-9-15(10-13)11(16)17-12(2,3)4/h5-10,14H2,1-4H3/t13-/m0/s1. The molecule has 2 N–H and O–H groups in total. The Morgan fingerprint density at radius 3 is 2.65 bits per heavy atom. The first-order valence-electron chi connectivity index (χ1n) is 6.52. The van der Waals surface area contributed by atoms with Crippen LogP contribution in [0, 0.1) is 0 Å². The Kier molecular flexibility index (Phi) is 4.42. The molecular formula is C13H26N2O2. The maximum Gasteiger partial charge on any atom is 0.410 e. The van der Waals surface area contributed by atoms with Crippen molar-refractivity contribution >= 4 is 6.09 Å². The Hall–Kier alpha value is -0.770. The van der Waals surface area contributed by atoms with Gasteiger partial charge in [0.05, 0.1) is 0 Å². The molecule has 1 aliphatic heterocycles. The van der Waals surface area contributed by atoms with E-state index in [4.69, 9.17) is 10.5 Å². The number of amides is 1. The van der Waals surface area contributed by atoms with Crippen LogP contribution in [-0.2, 0) is 4.74 Å². The second kappa shape index (κ2) is 5.25. The smallest absolute Gasteiger partial charge is 0.410 e. The summed E-state index contributed by atoms with van der Waals surface area (Å²) in [7, 11) is 0. The lowest BCUT2D eigenvalue weighted by Crippen LogP contribution is -2.56. The average molecular weight is 242 g/mol. The molecule has 0 aromatic carbocycles. The van der Waals surface area contributed by atoms with Crippen LogP contribution in [0.5, 0.6) is 0 Å². The van der Waals surface area contributed by atoms with Gasteiger partial charge in [0.2, 0.25) is 0 Å². The van der Waals surface area contributed by atoms with Crippen molar-refractivity contribution in [2.24, 2.45) is 5.73 Å². The van der Waals surface area contributed by atoms with Crippen LogP contribution in [0.4, 0.5) is 4.79 Å². The van der Waals surface area contributed by atoms with Crippen LogP contribution in [0.25, 0.3) is 0 Å². The number of hydrogen-bond donors (Lipinski definition) is 1. The minimum absolute atomic E-state index is 0.218. The Labute approximate surface area is 104 Å².